The highest BCUT2D eigenvalue weighted by atomic mass is 16.5. The maximum atomic E-state index is 13.1. The van der Waals surface area contributed by atoms with Crippen LogP contribution in [0.3, 0.4) is 0 Å². The summed E-state index contributed by atoms with van der Waals surface area (Å²) in [5.74, 6) is 0.891. The molecule has 0 spiro atoms. The quantitative estimate of drug-likeness (QED) is 0.802. The lowest BCUT2D eigenvalue weighted by Gasteiger charge is -2.36. The van der Waals surface area contributed by atoms with Gasteiger partial charge >= 0.3 is 0 Å². The fraction of sp³-hybridized carbons (Fsp3) is 0.524. The molecule has 5 heteroatoms. The second kappa shape index (κ2) is 7.23. The number of aromatic nitrogens is 2. The summed E-state index contributed by atoms with van der Waals surface area (Å²) < 4.78 is 7.90. The maximum Gasteiger partial charge on any atom is 0.227 e. The van der Waals surface area contributed by atoms with E-state index in [0.717, 1.165) is 36.7 Å². The molecule has 1 aromatic carbocycles. The Morgan fingerprint density at radius 3 is 2.73 bits per heavy atom. The van der Waals surface area contributed by atoms with Crippen molar-refractivity contribution in [1.29, 1.82) is 0 Å². The van der Waals surface area contributed by atoms with Crippen LogP contribution in [0.5, 0.6) is 0 Å². The standard InChI is InChI=1S/C21H27N3O2/c1-15-3-5-16(6-4-15)11-20(25)24-10-9-18-12-22-23(2)21(18)19(24)14-26-13-17-7-8-17/h3-6,12,17,19H,7-11,13-14H2,1-2H3. The van der Waals surface area contributed by atoms with E-state index in [4.69, 9.17) is 4.74 Å². The highest BCUT2D eigenvalue weighted by molar-refractivity contribution is 5.79. The maximum absolute atomic E-state index is 13.1. The van der Waals surface area contributed by atoms with Crippen LogP contribution in [-0.4, -0.2) is 40.3 Å². The third kappa shape index (κ3) is 3.68. The molecule has 0 bridgehead atoms. The van der Waals surface area contributed by atoms with Gasteiger partial charge in [0.2, 0.25) is 5.91 Å². The average Bonchev–Trinajstić information content (AvgIpc) is 3.38. The SMILES string of the molecule is Cc1ccc(CC(=O)N2CCc3cnn(C)c3C2COCC2CC2)cc1. The van der Waals surface area contributed by atoms with E-state index < -0.39 is 0 Å². The Hall–Kier alpha value is -2.14. The van der Waals surface area contributed by atoms with Crippen molar-refractivity contribution in [2.24, 2.45) is 13.0 Å². The molecule has 1 fully saturated rings. The minimum Gasteiger partial charge on any atom is -0.379 e. The fourth-order valence-corrected chi connectivity index (χ4v) is 3.74. The zero-order valence-electron chi connectivity index (χ0n) is 15.6. The number of hydrogen-bond donors (Lipinski definition) is 0. The number of carbonyl (C=O) groups is 1. The molecule has 1 aliphatic heterocycles. The largest absolute Gasteiger partial charge is 0.379 e. The van der Waals surface area contributed by atoms with E-state index in [-0.39, 0.29) is 11.9 Å². The van der Waals surface area contributed by atoms with Crippen LogP contribution in [0.15, 0.2) is 30.5 Å². The van der Waals surface area contributed by atoms with E-state index in [1.165, 1.54) is 24.0 Å². The van der Waals surface area contributed by atoms with Crippen LogP contribution in [0, 0.1) is 12.8 Å². The van der Waals surface area contributed by atoms with Gasteiger partial charge in [-0.05, 0) is 43.2 Å². The number of nitrogens with zero attached hydrogens (tertiary/aromatic N) is 3. The zero-order valence-corrected chi connectivity index (χ0v) is 15.6. The lowest BCUT2D eigenvalue weighted by atomic mass is 9.99. The minimum absolute atomic E-state index is 0.0389. The molecule has 4 rings (SSSR count). The Labute approximate surface area is 154 Å². The van der Waals surface area contributed by atoms with Gasteiger partial charge in [0.15, 0.2) is 0 Å². The third-order valence-electron chi connectivity index (χ3n) is 5.50. The van der Waals surface area contributed by atoms with E-state index >= 15 is 0 Å². The summed E-state index contributed by atoms with van der Waals surface area (Å²) >= 11 is 0. The van der Waals surface area contributed by atoms with E-state index in [1.54, 1.807) is 0 Å². The minimum atomic E-state index is -0.0389. The van der Waals surface area contributed by atoms with Crippen molar-refractivity contribution in [3.63, 3.8) is 0 Å². The normalized spacial score (nSPS) is 19.5. The van der Waals surface area contributed by atoms with Crippen LogP contribution >= 0.6 is 0 Å². The number of fused-ring (bicyclic) bond motifs is 1. The number of hydrogen-bond acceptors (Lipinski definition) is 3. The van der Waals surface area contributed by atoms with Crippen LogP contribution in [0.25, 0.3) is 0 Å². The predicted octanol–water partition coefficient (Wildman–Crippen LogP) is 2.82. The zero-order chi connectivity index (χ0) is 18.1. The molecule has 138 valence electrons. The van der Waals surface area contributed by atoms with Crippen LogP contribution in [-0.2, 0) is 29.4 Å². The van der Waals surface area contributed by atoms with Crippen LogP contribution in [0.1, 0.15) is 41.3 Å². The Kier molecular flexibility index (Phi) is 4.81. The van der Waals surface area contributed by atoms with E-state index in [9.17, 15) is 4.79 Å². The molecule has 1 aliphatic carbocycles. The number of ether oxygens (including phenoxy) is 1. The Morgan fingerprint density at radius 1 is 1.23 bits per heavy atom. The predicted molar refractivity (Wildman–Crippen MR) is 99.8 cm³/mol. The fourth-order valence-electron chi connectivity index (χ4n) is 3.74. The van der Waals surface area contributed by atoms with Crippen molar-refractivity contribution < 1.29 is 9.53 Å². The molecule has 26 heavy (non-hydrogen) atoms. The first kappa shape index (κ1) is 17.3. The van der Waals surface area contributed by atoms with Gasteiger partial charge in [0.05, 0.1) is 31.0 Å². The van der Waals surface area contributed by atoms with Crippen LogP contribution < -0.4 is 0 Å². The first-order valence-electron chi connectivity index (χ1n) is 9.55. The van der Waals surface area contributed by atoms with Crippen LogP contribution in [0.4, 0.5) is 0 Å². The summed E-state index contributed by atoms with van der Waals surface area (Å²) in [4.78, 5) is 15.1. The van der Waals surface area contributed by atoms with Gasteiger partial charge in [-0.1, -0.05) is 29.8 Å². The Balaban J connectivity index is 1.51. The van der Waals surface area contributed by atoms with Crippen molar-refractivity contribution in [2.45, 2.75) is 38.6 Å². The van der Waals surface area contributed by atoms with Gasteiger partial charge in [0, 0.05) is 20.2 Å². The molecule has 1 unspecified atom stereocenters. The summed E-state index contributed by atoms with van der Waals surface area (Å²) in [5, 5.41) is 4.41. The lowest BCUT2D eigenvalue weighted by Crippen LogP contribution is -2.43. The Bertz CT molecular complexity index is 777. The van der Waals surface area contributed by atoms with Crippen molar-refractivity contribution in [2.75, 3.05) is 19.8 Å². The molecule has 2 aromatic rings. The highest BCUT2D eigenvalue weighted by Gasteiger charge is 2.34. The summed E-state index contributed by atoms with van der Waals surface area (Å²) in [6, 6.07) is 8.18. The average molecular weight is 353 g/mol. The molecular weight excluding hydrogens is 326 g/mol. The number of benzene rings is 1. The molecule has 5 nitrogen and oxygen atoms in total. The first-order chi connectivity index (χ1) is 12.6. The molecular formula is C21H27N3O2. The van der Waals surface area contributed by atoms with Gasteiger partial charge in [-0.3, -0.25) is 9.48 Å². The summed E-state index contributed by atoms with van der Waals surface area (Å²) in [6.45, 7) is 4.17. The molecule has 1 atom stereocenters. The number of carbonyl (C=O) groups excluding carboxylic acids is 1. The number of amides is 1. The molecule has 2 aliphatic rings. The summed E-state index contributed by atoms with van der Waals surface area (Å²) in [5.41, 5.74) is 4.65. The summed E-state index contributed by atoms with van der Waals surface area (Å²) in [7, 11) is 1.96. The van der Waals surface area contributed by atoms with E-state index in [1.807, 2.05) is 35.0 Å². The molecule has 2 heterocycles. The summed E-state index contributed by atoms with van der Waals surface area (Å²) in [6.07, 6.45) is 5.79. The molecule has 0 saturated heterocycles. The number of aryl methyl sites for hydroxylation is 2. The second-order valence-electron chi connectivity index (χ2n) is 7.67. The topological polar surface area (TPSA) is 47.4 Å². The lowest BCUT2D eigenvalue weighted by molar-refractivity contribution is -0.135. The van der Waals surface area contributed by atoms with Gasteiger partial charge in [0.1, 0.15) is 0 Å². The third-order valence-corrected chi connectivity index (χ3v) is 5.50. The van der Waals surface area contributed by atoms with Gasteiger partial charge < -0.3 is 9.64 Å². The number of rotatable bonds is 6. The highest BCUT2D eigenvalue weighted by Crippen LogP contribution is 2.32. The Morgan fingerprint density at radius 2 is 2.00 bits per heavy atom. The molecule has 1 aromatic heterocycles. The van der Waals surface area contributed by atoms with E-state index in [2.05, 4.69) is 24.2 Å². The van der Waals surface area contributed by atoms with Crippen molar-refractivity contribution in [3.05, 3.63) is 52.8 Å². The van der Waals surface area contributed by atoms with E-state index in [0.29, 0.717) is 13.0 Å². The second-order valence-corrected chi connectivity index (χ2v) is 7.67. The molecule has 0 N–H and O–H groups in total. The van der Waals surface area contributed by atoms with Crippen LogP contribution in [0.2, 0.25) is 0 Å². The van der Waals surface area contributed by atoms with Gasteiger partial charge in [0.25, 0.3) is 0 Å². The smallest absolute Gasteiger partial charge is 0.227 e. The van der Waals surface area contributed by atoms with Crippen molar-refractivity contribution >= 4 is 5.91 Å². The molecule has 0 radical (unpaired) electrons. The first-order valence-corrected chi connectivity index (χ1v) is 9.55. The van der Waals surface area contributed by atoms with Crippen molar-refractivity contribution in [1.82, 2.24) is 14.7 Å². The van der Waals surface area contributed by atoms with Gasteiger partial charge in [-0.15, -0.1) is 0 Å². The van der Waals surface area contributed by atoms with Gasteiger partial charge in [-0.2, -0.15) is 5.10 Å². The van der Waals surface area contributed by atoms with Crippen molar-refractivity contribution in [3.8, 4) is 0 Å². The van der Waals surface area contributed by atoms with Gasteiger partial charge in [-0.25, -0.2) is 0 Å². The molecule has 1 saturated carbocycles. The monoisotopic (exact) mass is 353 g/mol. The molecule has 1 amide bonds.